The first-order valence-electron chi connectivity index (χ1n) is 6.33. The van der Waals surface area contributed by atoms with Crippen molar-refractivity contribution >= 4 is 11.8 Å². The van der Waals surface area contributed by atoms with Gasteiger partial charge in [-0.3, -0.25) is 0 Å². The van der Waals surface area contributed by atoms with E-state index in [1.807, 2.05) is 12.1 Å². The van der Waals surface area contributed by atoms with Gasteiger partial charge in [0.2, 0.25) is 0 Å². The molecule has 19 heavy (non-hydrogen) atoms. The average Bonchev–Trinajstić information content (AvgIpc) is 2.87. The highest BCUT2D eigenvalue weighted by atomic mass is 32.2. The maximum Gasteiger partial charge on any atom is 0.170 e. The van der Waals surface area contributed by atoms with Crippen LogP contribution in [0.1, 0.15) is 19.7 Å². The fourth-order valence-corrected chi connectivity index (χ4v) is 2.18. The Morgan fingerprint density at radius 2 is 2.21 bits per heavy atom. The molecular formula is C13H19N5S. The monoisotopic (exact) mass is 277 g/mol. The molecule has 1 aromatic carbocycles. The molecule has 0 aliphatic rings. The molecule has 1 N–H and O–H groups in total. The quantitative estimate of drug-likeness (QED) is 0.820. The van der Waals surface area contributed by atoms with Crippen LogP contribution in [-0.2, 0) is 6.54 Å². The van der Waals surface area contributed by atoms with Gasteiger partial charge in [0.25, 0.3) is 0 Å². The van der Waals surface area contributed by atoms with Crippen LogP contribution in [-0.4, -0.2) is 33.0 Å². The van der Waals surface area contributed by atoms with Crippen molar-refractivity contribution in [1.82, 2.24) is 25.5 Å². The molecule has 102 valence electrons. The molecule has 5 nitrogen and oxygen atoms in total. The molecule has 0 atom stereocenters. The second-order valence-electron chi connectivity index (χ2n) is 4.73. The molecule has 0 saturated heterocycles. The number of thioether (sulfide) groups is 1. The number of nitrogens with zero attached hydrogens (tertiary/aromatic N) is 4. The van der Waals surface area contributed by atoms with E-state index in [1.54, 1.807) is 16.4 Å². The molecular weight excluding hydrogens is 258 g/mol. The number of hydrogen-bond donors (Lipinski definition) is 1. The molecule has 1 aromatic heterocycles. The summed E-state index contributed by atoms with van der Waals surface area (Å²) < 4.78 is 1.78. The van der Waals surface area contributed by atoms with E-state index >= 15 is 0 Å². The maximum absolute atomic E-state index is 4.08. The predicted octanol–water partition coefficient (Wildman–Crippen LogP) is 2.13. The molecule has 2 aromatic rings. The molecule has 1 heterocycles. The van der Waals surface area contributed by atoms with Crippen LogP contribution in [0.25, 0.3) is 5.69 Å². The molecule has 0 bridgehead atoms. The van der Waals surface area contributed by atoms with Gasteiger partial charge in [0.15, 0.2) is 5.82 Å². The van der Waals surface area contributed by atoms with E-state index in [1.165, 1.54) is 4.90 Å². The van der Waals surface area contributed by atoms with Gasteiger partial charge in [0.1, 0.15) is 0 Å². The number of benzene rings is 1. The lowest BCUT2D eigenvalue weighted by atomic mass is 10.2. The van der Waals surface area contributed by atoms with Crippen LogP contribution in [0.2, 0.25) is 0 Å². The number of tetrazole rings is 1. The van der Waals surface area contributed by atoms with Gasteiger partial charge in [0, 0.05) is 4.90 Å². The zero-order chi connectivity index (χ0) is 13.7. The third-order valence-electron chi connectivity index (χ3n) is 2.67. The molecule has 0 aliphatic heterocycles. The predicted molar refractivity (Wildman–Crippen MR) is 77.5 cm³/mol. The van der Waals surface area contributed by atoms with Gasteiger partial charge in [-0.2, -0.15) is 4.68 Å². The Morgan fingerprint density at radius 3 is 2.95 bits per heavy atom. The number of nitrogens with one attached hydrogen (secondary N) is 1. The summed E-state index contributed by atoms with van der Waals surface area (Å²) in [6, 6.07) is 8.21. The largest absolute Gasteiger partial charge is 0.310 e. The fourth-order valence-electron chi connectivity index (χ4n) is 1.73. The molecule has 6 heteroatoms. The van der Waals surface area contributed by atoms with Crippen molar-refractivity contribution in [2.45, 2.75) is 25.3 Å². The fraction of sp³-hybridized carbons (Fsp3) is 0.462. The van der Waals surface area contributed by atoms with Crippen molar-refractivity contribution in [3.8, 4) is 5.69 Å². The Kier molecular flexibility index (Phi) is 4.93. The minimum Gasteiger partial charge on any atom is -0.310 e. The number of rotatable bonds is 6. The van der Waals surface area contributed by atoms with Crippen molar-refractivity contribution in [3.05, 3.63) is 30.1 Å². The third kappa shape index (κ3) is 3.78. The lowest BCUT2D eigenvalue weighted by Crippen LogP contribution is -2.21. The Hall–Kier alpha value is -1.40. The summed E-state index contributed by atoms with van der Waals surface area (Å²) in [4.78, 5) is 1.20. The summed E-state index contributed by atoms with van der Waals surface area (Å²) in [5.74, 6) is 1.45. The van der Waals surface area contributed by atoms with E-state index in [-0.39, 0.29) is 0 Å². The summed E-state index contributed by atoms with van der Waals surface area (Å²) in [6.07, 6.45) is 2.06. The standard InChI is InChI=1S/C13H19N5S/c1-10(2)8-14-9-13-15-16-17-18(13)11-5-4-6-12(7-11)19-3/h4-7,10,14H,8-9H2,1-3H3. The second kappa shape index (κ2) is 6.68. The lowest BCUT2D eigenvalue weighted by Gasteiger charge is -2.08. The van der Waals surface area contributed by atoms with Crippen molar-refractivity contribution in [3.63, 3.8) is 0 Å². The van der Waals surface area contributed by atoms with Crippen molar-refractivity contribution in [2.75, 3.05) is 12.8 Å². The molecule has 0 amide bonds. The molecule has 0 unspecified atom stereocenters. The van der Waals surface area contributed by atoms with Crippen molar-refractivity contribution < 1.29 is 0 Å². The summed E-state index contributed by atoms with van der Waals surface area (Å²) in [5.41, 5.74) is 0.998. The van der Waals surface area contributed by atoms with Crippen molar-refractivity contribution in [2.24, 2.45) is 5.92 Å². The lowest BCUT2D eigenvalue weighted by molar-refractivity contribution is 0.537. The maximum atomic E-state index is 4.08. The van der Waals surface area contributed by atoms with Crippen LogP contribution in [0.15, 0.2) is 29.2 Å². The SMILES string of the molecule is CSc1cccc(-n2nnnc2CNCC(C)C)c1. The first-order valence-corrected chi connectivity index (χ1v) is 7.55. The highest BCUT2D eigenvalue weighted by molar-refractivity contribution is 7.98. The van der Waals surface area contributed by atoms with E-state index in [9.17, 15) is 0 Å². The van der Waals surface area contributed by atoms with Gasteiger partial charge < -0.3 is 5.32 Å². The van der Waals surface area contributed by atoms with Gasteiger partial charge in [-0.15, -0.1) is 16.9 Å². The zero-order valence-corrected chi connectivity index (χ0v) is 12.3. The number of aromatic nitrogens is 4. The average molecular weight is 277 g/mol. The molecule has 0 aliphatic carbocycles. The first-order chi connectivity index (χ1) is 9.20. The van der Waals surface area contributed by atoms with E-state index in [0.717, 1.165) is 18.1 Å². The van der Waals surface area contributed by atoms with Gasteiger partial charge >= 0.3 is 0 Å². The molecule has 0 spiro atoms. The minimum absolute atomic E-state index is 0.615. The third-order valence-corrected chi connectivity index (χ3v) is 3.39. The van der Waals surface area contributed by atoms with Crippen LogP contribution in [0.3, 0.4) is 0 Å². The number of hydrogen-bond acceptors (Lipinski definition) is 5. The Bertz CT molecular complexity index is 523. The second-order valence-corrected chi connectivity index (χ2v) is 5.61. The van der Waals surface area contributed by atoms with E-state index in [4.69, 9.17) is 0 Å². The Morgan fingerprint density at radius 1 is 1.37 bits per heavy atom. The summed E-state index contributed by atoms with van der Waals surface area (Å²) >= 11 is 1.71. The summed E-state index contributed by atoms with van der Waals surface area (Å²) in [7, 11) is 0. The Balaban J connectivity index is 2.14. The van der Waals surface area contributed by atoms with Crippen LogP contribution in [0, 0.1) is 5.92 Å². The van der Waals surface area contributed by atoms with Gasteiger partial charge in [0.05, 0.1) is 12.2 Å². The summed E-state index contributed by atoms with van der Waals surface area (Å²) in [5, 5.41) is 15.3. The van der Waals surface area contributed by atoms with Crippen LogP contribution in [0.5, 0.6) is 0 Å². The summed E-state index contributed by atoms with van der Waals surface area (Å²) in [6.45, 7) is 5.99. The normalized spacial score (nSPS) is 11.2. The van der Waals surface area contributed by atoms with Crippen molar-refractivity contribution in [1.29, 1.82) is 0 Å². The van der Waals surface area contributed by atoms with Crippen LogP contribution < -0.4 is 5.32 Å². The first kappa shape index (κ1) is 14.0. The minimum atomic E-state index is 0.615. The Labute approximate surface area is 117 Å². The molecule has 0 saturated carbocycles. The topological polar surface area (TPSA) is 55.6 Å². The van der Waals surface area contributed by atoms with Gasteiger partial charge in [-0.1, -0.05) is 19.9 Å². The van der Waals surface area contributed by atoms with Gasteiger partial charge in [-0.25, -0.2) is 0 Å². The van der Waals surface area contributed by atoms with Crippen LogP contribution >= 0.6 is 11.8 Å². The zero-order valence-electron chi connectivity index (χ0n) is 11.5. The van der Waals surface area contributed by atoms with E-state index in [0.29, 0.717) is 12.5 Å². The van der Waals surface area contributed by atoms with Gasteiger partial charge in [-0.05, 0) is 47.3 Å². The van der Waals surface area contributed by atoms with E-state index < -0.39 is 0 Å². The molecule has 0 fully saturated rings. The van der Waals surface area contributed by atoms with E-state index in [2.05, 4.69) is 53.1 Å². The molecule has 0 radical (unpaired) electrons. The highest BCUT2D eigenvalue weighted by Gasteiger charge is 2.08. The smallest absolute Gasteiger partial charge is 0.170 e. The van der Waals surface area contributed by atoms with Crippen LogP contribution in [0.4, 0.5) is 0 Å². The molecule has 2 rings (SSSR count). The highest BCUT2D eigenvalue weighted by Crippen LogP contribution is 2.18.